The van der Waals surface area contributed by atoms with Crippen molar-refractivity contribution in [3.8, 4) is 0 Å². The number of nitrogens with zero attached hydrogens (tertiary/aromatic N) is 2. The molecular weight excluding hydrogens is 224 g/mol. The average Bonchev–Trinajstić information content (AvgIpc) is 2.30. The topological polar surface area (TPSA) is 85.2 Å². The molecule has 0 bridgehead atoms. The van der Waals surface area contributed by atoms with Crippen LogP contribution in [0.2, 0.25) is 0 Å². The first kappa shape index (κ1) is 11.1. The maximum absolute atomic E-state index is 11.1. The van der Waals surface area contributed by atoms with Crippen LogP contribution in [0.5, 0.6) is 0 Å². The van der Waals surface area contributed by atoms with E-state index in [1.54, 1.807) is 6.07 Å². The predicted octanol–water partition coefficient (Wildman–Crippen LogP) is 0.316. The molecule has 0 saturated carbocycles. The zero-order valence-electron chi connectivity index (χ0n) is 8.85. The van der Waals surface area contributed by atoms with Crippen molar-refractivity contribution in [3.05, 3.63) is 17.8 Å². The highest BCUT2D eigenvalue weighted by Gasteiger charge is 2.15. The highest BCUT2D eigenvalue weighted by atomic mass is 32.2. The fourth-order valence-electron chi connectivity index (χ4n) is 1.63. The van der Waals surface area contributed by atoms with Gasteiger partial charge in [-0.15, -0.1) is 0 Å². The third-order valence-corrected chi connectivity index (χ3v) is 3.46. The Kier molecular flexibility index (Phi) is 3.19. The van der Waals surface area contributed by atoms with E-state index in [-0.39, 0.29) is 0 Å². The van der Waals surface area contributed by atoms with Crippen molar-refractivity contribution in [2.45, 2.75) is 0 Å². The second-order valence-corrected chi connectivity index (χ2v) is 4.82. The Hall–Kier alpha value is -1.43. The molecule has 0 unspecified atom stereocenters. The Balaban J connectivity index is 2.27. The van der Waals surface area contributed by atoms with Gasteiger partial charge in [-0.2, -0.15) is 11.8 Å². The lowest BCUT2D eigenvalue weighted by Gasteiger charge is -2.27. The lowest BCUT2D eigenvalue weighted by atomic mass is 10.2. The van der Waals surface area contributed by atoms with E-state index in [2.05, 4.69) is 9.88 Å². The largest absolute Gasteiger partial charge is 0.397 e. The maximum Gasteiger partial charge on any atom is 0.250 e. The molecule has 0 aromatic carbocycles. The molecule has 86 valence electrons. The number of thioether (sulfide) groups is 1. The highest BCUT2D eigenvalue weighted by molar-refractivity contribution is 7.99. The first-order valence-electron chi connectivity index (χ1n) is 5.06. The molecule has 2 heterocycles. The van der Waals surface area contributed by atoms with Crippen LogP contribution in [-0.2, 0) is 0 Å². The Morgan fingerprint density at radius 3 is 2.75 bits per heavy atom. The zero-order valence-corrected chi connectivity index (χ0v) is 9.67. The lowest BCUT2D eigenvalue weighted by molar-refractivity contribution is 0.100. The van der Waals surface area contributed by atoms with Gasteiger partial charge in [0.25, 0.3) is 5.91 Å². The van der Waals surface area contributed by atoms with E-state index in [0.717, 1.165) is 30.4 Å². The molecule has 1 fully saturated rings. The summed E-state index contributed by atoms with van der Waals surface area (Å²) in [6.07, 6.45) is 1.50. The molecule has 1 aliphatic heterocycles. The van der Waals surface area contributed by atoms with Crippen molar-refractivity contribution in [2.75, 3.05) is 35.2 Å². The number of primary amides is 1. The molecule has 0 spiro atoms. The summed E-state index contributed by atoms with van der Waals surface area (Å²) in [6.45, 7) is 1.89. The van der Waals surface area contributed by atoms with E-state index in [9.17, 15) is 4.79 Å². The van der Waals surface area contributed by atoms with Gasteiger partial charge in [0.15, 0.2) is 0 Å². The number of aromatic nitrogens is 1. The smallest absolute Gasteiger partial charge is 0.250 e. The van der Waals surface area contributed by atoms with Crippen molar-refractivity contribution in [1.82, 2.24) is 4.98 Å². The molecule has 0 aliphatic carbocycles. The van der Waals surface area contributed by atoms with Gasteiger partial charge in [0.1, 0.15) is 5.82 Å². The fourth-order valence-corrected chi connectivity index (χ4v) is 2.54. The summed E-state index contributed by atoms with van der Waals surface area (Å²) in [7, 11) is 0. The normalized spacial score (nSPS) is 16.1. The van der Waals surface area contributed by atoms with Gasteiger partial charge >= 0.3 is 0 Å². The van der Waals surface area contributed by atoms with Gasteiger partial charge in [-0.25, -0.2) is 4.98 Å². The summed E-state index contributed by atoms with van der Waals surface area (Å²) in [5, 5.41) is 0. The number of hydrogen-bond donors (Lipinski definition) is 2. The third kappa shape index (κ3) is 2.21. The minimum absolute atomic E-state index is 0.336. The quantitative estimate of drug-likeness (QED) is 0.775. The fraction of sp³-hybridized carbons (Fsp3) is 0.400. The zero-order chi connectivity index (χ0) is 11.5. The van der Waals surface area contributed by atoms with Crippen LogP contribution in [0, 0.1) is 0 Å². The van der Waals surface area contributed by atoms with Crippen LogP contribution >= 0.6 is 11.8 Å². The monoisotopic (exact) mass is 238 g/mol. The van der Waals surface area contributed by atoms with E-state index in [0.29, 0.717) is 11.3 Å². The van der Waals surface area contributed by atoms with Gasteiger partial charge < -0.3 is 16.4 Å². The second kappa shape index (κ2) is 4.61. The molecule has 1 amide bonds. The molecule has 5 nitrogen and oxygen atoms in total. The molecule has 2 rings (SSSR count). The van der Waals surface area contributed by atoms with Crippen LogP contribution in [0.1, 0.15) is 10.4 Å². The van der Waals surface area contributed by atoms with Gasteiger partial charge in [-0.1, -0.05) is 0 Å². The summed E-state index contributed by atoms with van der Waals surface area (Å²) in [5.41, 5.74) is 11.6. The minimum Gasteiger partial charge on any atom is -0.397 e. The summed E-state index contributed by atoms with van der Waals surface area (Å²) < 4.78 is 0. The summed E-state index contributed by atoms with van der Waals surface area (Å²) >= 11 is 1.92. The van der Waals surface area contributed by atoms with Crippen molar-refractivity contribution in [2.24, 2.45) is 5.73 Å². The first-order valence-corrected chi connectivity index (χ1v) is 6.22. The van der Waals surface area contributed by atoms with Gasteiger partial charge in [0.2, 0.25) is 0 Å². The maximum atomic E-state index is 11.1. The summed E-state index contributed by atoms with van der Waals surface area (Å²) in [5.74, 6) is 2.44. The third-order valence-electron chi connectivity index (χ3n) is 2.52. The second-order valence-electron chi connectivity index (χ2n) is 3.59. The van der Waals surface area contributed by atoms with Crippen LogP contribution in [0.15, 0.2) is 12.3 Å². The van der Waals surface area contributed by atoms with Crippen LogP contribution in [0.4, 0.5) is 11.5 Å². The van der Waals surface area contributed by atoms with E-state index in [1.165, 1.54) is 6.20 Å². The van der Waals surface area contributed by atoms with Crippen LogP contribution in [-0.4, -0.2) is 35.5 Å². The van der Waals surface area contributed by atoms with E-state index in [1.807, 2.05) is 11.8 Å². The van der Waals surface area contributed by atoms with Crippen molar-refractivity contribution < 1.29 is 4.79 Å². The molecule has 1 saturated heterocycles. The first-order chi connectivity index (χ1) is 7.68. The standard InChI is InChI=1S/C10H14N4OS/c11-8-6-13-9(5-7(8)10(12)15)14-1-3-16-4-2-14/h5-6H,1-4,11H2,(H2,12,15). The Morgan fingerprint density at radius 2 is 2.12 bits per heavy atom. The number of nitrogen functional groups attached to an aromatic ring is 1. The number of hydrogen-bond acceptors (Lipinski definition) is 5. The average molecular weight is 238 g/mol. The number of carbonyl (C=O) groups excluding carboxylic acids is 1. The number of amides is 1. The molecule has 0 atom stereocenters. The Morgan fingerprint density at radius 1 is 1.44 bits per heavy atom. The van der Waals surface area contributed by atoms with Crippen molar-refractivity contribution in [3.63, 3.8) is 0 Å². The highest BCUT2D eigenvalue weighted by Crippen LogP contribution is 2.20. The predicted molar refractivity (Wildman–Crippen MR) is 66.7 cm³/mol. The van der Waals surface area contributed by atoms with Gasteiger partial charge in [0, 0.05) is 24.6 Å². The van der Waals surface area contributed by atoms with Crippen molar-refractivity contribution in [1.29, 1.82) is 0 Å². The molecule has 1 aromatic heterocycles. The lowest BCUT2D eigenvalue weighted by Crippen LogP contribution is -2.33. The van der Waals surface area contributed by atoms with E-state index in [4.69, 9.17) is 11.5 Å². The van der Waals surface area contributed by atoms with Gasteiger partial charge in [-0.3, -0.25) is 4.79 Å². The van der Waals surface area contributed by atoms with Gasteiger partial charge in [0.05, 0.1) is 17.4 Å². The van der Waals surface area contributed by atoms with Crippen LogP contribution in [0.3, 0.4) is 0 Å². The molecule has 6 heteroatoms. The molecule has 4 N–H and O–H groups in total. The van der Waals surface area contributed by atoms with E-state index >= 15 is 0 Å². The number of carbonyl (C=O) groups is 1. The Labute approximate surface area is 98.2 Å². The van der Waals surface area contributed by atoms with E-state index < -0.39 is 5.91 Å². The molecule has 0 radical (unpaired) electrons. The molecular formula is C10H14N4OS. The number of nitrogens with two attached hydrogens (primary N) is 2. The molecule has 16 heavy (non-hydrogen) atoms. The number of rotatable bonds is 2. The van der Waals surface area contributed by atoms with Crippen LogP contribution < -0.4 is 16.4 Å². The molecule has 1 aliphatic rings. The minimum atomic E-state index is -0.507. The SMILES string of the molecule is NC(=O)c1cc(N2CCSCC2)ncc1N. The Bertz CT molecular complexity index is 404. The number of pyridine rings is 1. The van der Waals surface area contributed by atoms with Crippen LogP contribution in [0.25, 0.3) is 0 Å². The molecule has 1 aromatic rings. The summed E-state index contributed by atoms with van der Waals surface area (Å²) in [6, 6.07) is 1.67. The number of anilines is 2. The van der Waals surface area contributed by atoms with Gasteiger partial charge in [-0.05, 0) is 6.07 Å². The van der Waals surface area contributed by atoms with Crippen molar-refractivity contribution >= 4 is 29.2 Å². The summed E-state index contributed by atoms with van der Waals surface area (Å²) in [4.78, 5) is 17.5.